The molecule has 2 aliphatic rings. The molecule has 0 saturated carbocycles. The van der Waals surface area contributed by atoms with E-state index in [9.17, 15) is 14.4 Å². The number of nitrogens with one attached hydrogen (secondary N) is 1. The Balaban J connectivity index is 1.40. The number of fused-ring (bicyclic) bond motifs is 1. The molecule has 0 radical (unpaired) electrons. The highest BCUT2D eigenvalue weighted by atomic mass is 16.2. The van der Waals surface area contributed by atoms with E-state index >= 15 is 0 Å². The van der Waals surface area contributed by atoms with Crippen LogP contribution in [0.2, 0.25) is 0 Å². The quantitative estimate of drug-likeness (QED) is 0.581. The highest BCUT2D eigenvalue weighted by Gasteiger charge is 2.52. The van der Waals surface area contributed by atoms with Crippen molar-refractivity contribution in [3.05, 3.63) is 102 Å². The lowest BCUT2D eigenvalue weighted by Crippen LogP contribution is -2.62. The fourth-order valence-electron chi connectivity index (χ4n) is 4.79. The first-order chi connectivity index (χ1) is 17.5. The molecule has 1 aromatic heterocycles. The Bertz CT molecular complexity index is 1220. The molecular formula is C27H28N6O3. The molecule has 9 nitrogen and oxygen atoms in total. The molecule has 2 saturated heterocycles. The summed E-state index contributed by atoms with van der Waals surface area (Å²) in [6.45, 7) is 0.963. The van der Waals surface area contributed by atoms with E-state index in [4.69, 9.17) is 0 Å². The van der Waals surface area contributed by atoms with Crippen molar-refractivity contribution in [2.24, 2.45) is 0 Å². The van der Waals surface area contributed by atoms with Gasteiger partial charge in [0.15, 0.2) is 0 Å². The number of hydrogen-bond donors (Lipinski definition) is 1. The second-order valence-electron chi connectivity index (χ2n) is 8.90. The van der Waals surface area contributed by atoms with E-state index in [2.05, 4.69) is 10.3 Å². The van der Waals surface area contributed by atoms with Gasteiger partial charge in [0.2, 0.25) is 5.91 Å². The Hall–Kier alpha value is -4.24. The van der Waals surface area contributed by atoms with Crippen molar-refractivity contribution in [1.29, 1.82) is 0 Å². The number of pyridine rings is 1. The molecule has 2 fully saturated rings. The minimum atomic E-state index is -0.771. The lowest BCUT2D eigenvalue weighted by atomic mass is 10.0. The van der Waals surface area contributed by atoms with Gasteiger partial charge < -0.3 is 15.1 Å². The molecule has 184 valence electrons. The molecule has 2 atom stereocenters. The third kappa shape index (κ3) is 4.65. The van der Waals surface area contributed by atoms with Crippen LogP contribution in [-0.4, -0.2) is 69.0 Å². The normalized spacial score (nSPS) is 19.8. The third-order valence-corrected chi connectivity index (χ3v) is 6.62. The number of benzene rings is 2. The standard InChI is InChI=1S/C27H28N6O3/c1-30(27(36)29-16-20-10-4-2-5-11-20)32-19-24(34)33-23(32)18-31(17-22-14-8-9-15-28-22)26(35)25(33)21-12-6-3-7-13-21/h2-15,23,25H,16-19H2,1H3,(H,29,36)/t23-,25+/m1/s1. The van der Waals surface area contributed by atoms with Crippen LogP contribution in [0.15, 0.2) is 85.1 Å². The highest BCUT2D eigenvalue weighted by Crippen LogP contribution is 2.35. The minimum absolute atomic E-state index is 0.00790. The molecule has 3 heterocycles. The predicted octanol–water partition coefficient (Wildman–Crippen LogP) is 2.39. The second kappa shape index (κ2) is 10.2. The molecule has 9 heteroatoms. The molecule has 4 amide bonds. The average Bonchev–Trinajstić information content (AvgIpc) is 3.24. The van der Waals surface area contributed by atoms with Crippen LogP contribution in [0.3, 0.4) is 0 Å². The van der Waals surface area contributed by atoms with Crippen LogP contribution in [0.5, 0.6) is 0 Å². The topological polar surface area (TPSA) is 89.1 Å². The number of hydrogen-bond acceptors (Lipinski definition) is 5. The maximum atomic E-state index is 13.7. The van der Waals surface area contributed by atoms with E-state index in [0.717, 1.165) is 16.8 Å². The number of carbonyl (C=O) groups is 3. The highest BCUT2D eigenvalue weighted by molar-refractivity contribution is 5.92. The molecule has 2 aliphatic heterocycles. The van der Waals surface area contributed by atoms with Crippen molar-refractivity contribution in [1.82, 2.24) is 30.1 Å². The zero-order valence-electron chi connectivity index (χ0n) is 20.0. The molecule has 0 bridgehead atoms. The lowest BCUT2D eigenvalue weighted by molar-refractivity contribution is -0.157. The number of urea groups is 1. The summed E-state index contributed by atoms with van der Waals surface area (Å²) in [5.74, 6) is -0.350. The summed E-state index contributed by atoms with van der Waals surface area (Å²) in [7, 11) is 1.65. The van der Waals surface area contributed by atoms with Gasteiger partial charge in [0.1, 0.15) is 12.2 Å². The monoisotopic (exact) mass is 484 g/mol. The second-order valence-corrected chi connectivity index (χ2v) is 8.90. The first-order valence-electron chi connectivity index (χ1n) is 11.9. The van der Waals surface area contributed by atoms with E-state index in [1.807, 2.05) is 78.9 Å². The summed E-state index contributed by atoms with van der Waals surface area (Å²) in [5, 5.41) is 6.09. The third-order valence-electron chi connectivity index (χ3n) is 6.62. The molecular weight excluding hydrogens is 456 g/mol. The summed E-state index contributed by atoms with van der Waals surface area (Å²) in [6.07, 6.45) is 1.21. The lowest BCUT2D eigenvalue weighted by Gasteiger charge is -2.45. The molecule has 36 heavy (non-hydrogen) atoms. The van der Waals surface area contributed by atoms with E-state index < -0.39 is 12.2 Å². The largest absolute Gasteiger partial charge is 0.333 e. The number of carbonyl (C=O) groups excluding carboxylic acids is 3. The van der Waals surface area contributed by atoms with Gasteiger partial charge in [0, 0.05) is 19.8 Å². The van der Waals surface area contributed by atoms with E-state index in [0.29, 0.717) is 13.1 Å². The number of rotatable bonds is 6. The maximum absolute atomic E-state index is 13.7. The van der Waals surface area contributed by atoms with Gasteiger partial charge >= 0.3 is 6.03 Å². The maximum Gasteiger partial charge on any atom is 0.332 e. The van der Waals surface area contributed by atoms with Gasteiger partial charge in [-0.25, -0.2) is 4.79 Å². The van der Waals surface area contributed by atoms with Crippen LogP contribution in [0.1, 0.15) is 22.9 Å². The average molecular weight is 485 g/mol. The predicted molar refractivity (Wildman–Crippen MR) is 133 cm³/mol. The fraction of sp³-hybridized carbons (Fsp3) is 0.259. The molecule has 0 aliphatic carbocycles. The van der Waals surface area contributed by atoms with Gasteiger partial charge in [-0.15, -0.1) is 0 Å². The summed E-state index contributed by atoms with van der Waals surface area (Å²) in [4.78, 5) is 47.7. The van der Waals surface area contributed by atoms with E-state index in [1.165, 1.54) is 5.01 Å². The first-order valence-corrected chi connectivity index (χ1v) is 11.9. The van der Waals surface area contributed by atoms with Crippen molar-refractivity contribution < 1.29 is 14.4 Å². The van der Waals surface area contributed by atoms with Crippen LogP contribution in [-0.2, 0) is 22.7 Å². The number of aromatic nitrogens is 1. The Kier molecular flexibility index (Phi) is 6.64. The van der Waals surface area contributed by atoms with E-state index in [1.54, 1.807) is 28.1 Å². The van der Waals surface area contributed by atoms with Crippen LogP contribution in [0.4, 0.5) is 4.79 Å². The van der Waals surface area contributed by atoms with Crippen LogP contribution in [0, 0.1) is 0 Å². The van der Waals surface area contributed by atoms with Crippen molar-refractivity contribution >= 4 is 17.8 Å². The molecule has 2 aromatic carbocycles. The van der Waals surface area contributed by atoms with Crippen molar-refractivity contribution in [2.75, 3.05) is 20.1 Å². The number of piperazine rings is 1. The summed E-state index contributed by atoms with van der Waals surface area (Å²) in [6, 6.07) is 23.4. The first kappa shape index (κ1) is 23.5. The molecule has 0 unspecified atom stereocenters. The molecule has 5 rings (SSSR count). The van der Waals surface area contributed by atoms with Gasteiger partial charge in [-0.1, -0.05) is 66.7 Å². The SMILES string of the molecule is CN(C(=O)NCc1ccccc1)N1CC(=O)N2[C@@H](c3ccccc3)C(=O)N(Cc3ccccn3)C[C@@H]21. The van der Waals surface area contributed by atoms with Gasteiger partial charge in [-0.05, 0) is 23.3 Å². The number of nitrogens with zero attached hydrogens (tertiary/aromatic N) is 5. The zero-order valence-corrected chi connectivity index (χ0v) is 20.0. The number of amides is 4. The van der Waals surface area contributed by atoms with Crippen molar-refractivity contribution in [2.45, 2.75) is 25.3 Å². The molecule has 3 aromatic rings. The zero-order chi connectivity index (χ0) is 25.1. The Morgan fingerprint density at radius 1 is 1.00 bits per heavy atom. The van der Waals surface area contributed by atoms with Gasteiger partial charge in [-0.3, -0.25) is 19.6 Å². The summed E-state index contributed by atoms with van der Waals surface area (Å²) in [5.41, 5.74) is 2.48. The fourth-order valence-corrected chi connectivity index (χ4v) is 4.79. The Morgan fingerprint density at radius 2 is 1.69 bits per heavy atom. The molecule has 0 spiro atoms. The minimum Gasteiger partial charge on any atom is -0.333 e. The Morgan fingerprint density at radius 3 is 2.39 bits per heavy atom. The van der Waals surface area contributed by atoms with Crippen LogP contribution < -0.4 is 5.32 Å². The summed E-state index contributed by atoms with van der Waals surface area (Å²) < 4.78 is 0. The van der Waals surface area contributed by atoms with Crippen LogP contribution >= 0.6 is 0 Å². The smallest absolute Gasteiger partial charge is 0.332 e. The van der Waals surface area contributed by atoms with Gasteiger partial charge in [0.05, 0.1) is 25.3 Å². The van der Waals surface area contributed by atoms with E-state index in [-0.39, 0.29) is 30.9 Å². The number of hydrazine groups is 1. The van der Waals surface area contributed by atoms with Gasteiger partial charge in [-0.2, -0.15) is 5.01 Å². The van der Waals surface area contributed by atoms with Crippen LogP contribution in [0.25, 0.3) is 0 Å². The Labute approximate surface area is 209 Å². The molecule has 1 N–H and O–H groups in total. The van der Waals surface area contributed by atoms with Crippen molar-refractivity contribution in [3.8, 4) is 0 Å². The summed E-state index contributed by atoms with van der Waals surface area (Å²) >= 11 is 0. The van der Waals surface area contributed by atoms with Crippen molar-refractivity contribution in [3.63, 3.8) is 0 Å². The van der Waals surface area contributed by atoms with Gasteiger partial charge in [0.25, 0.3) is 5.91 Å².